The van der Waals surface area contributed by atoms with Crippen LogP contribution in [0.4, 0.5) is 11.4 Å². The van der Waals surface area contributed by atoms with Crippen LogP contribution in [0, 0.1) is 10.1 Å². The molecule has 0 unspecified atom stereocenters. The fraction of sp³-hybridized carbons (Fsp3) is 0. The Bertz CT molecular complexity index is 1350. The number of hydrogen-bond acceptors (Lipinski definition) is 6. The molecule has 4 rings (SSSR count). The molecule has 1 heterocycles. The first-order valence-electron chi connectivity index (χ1n) is 9.02. The lowest BCUT2D eigenvalue weighted by Gasteiger charge is -2.01. The number of aromatic nitrogens is 1. The molecule has 8 nitrogen and oxygen atoms in total. The highest BCUT2D eigenvalue weighted by atomic mass is 79.9. The zero-order valence-electron chi connectivity index (χ0n) is 15.8. The van der Waals surface area contributed by atoms with Crippen molar-refractivity contribution in [3.63, 3.8) is 0 Å². The number of anilines is 1. The predicted molar refractivity (Wildman–Crippen MR) is 120 cm³/mol. The van der Waals surface area contributed by atoms with E-state index in [9.17, 15) is 20.0 Å². The van der Waals surface area contributed by atoms with Gasteiger partial charge >= 0.3 is 0 Å². The molecule has 0 aliphatic carbocycles. The van der Waals surface area contributed by atoms with Gasteiger partial charge in [0, 0.05) is 29.5 Å². The molecular formula is C22H14BrN3O5. The molecular weight excluding hydrogens is 466 g/mol. The first-order chi connectivity index (χ1) is 14.9. The number of amides is 1. The highest BCUT2D eigenvalue weighted by Gasteiger charge is 2.11. The van der Waals surface area contributed by atoms with E-state index in [0.717, 1.165) is 0 Å². The first-order valence-corrected chi connectivity index (χ1v) is 9.81. The van der Waals surface area contributed by atoms with Gasteiger partial charge in [-0.1, -0.05) is 12.1 Å². The Morgan fingerprint density at radius 1 is 1.16 bits per heavy atom. The number of halogens is 1. The van der Waals surface area contributed by atoms with Crippen LogP contribution in [0.2, 0.25) is 0 Å². The van der Waals surface area contributed by atoms with Gasteiger partial charge in [0.25, 0.3) is 5.69 Å². The van der Waals surface area contributed by atoms with Crippen LogP contribution in [-0.2, 0) is 4.79 Å². The van der Waals surface area contributed by atoms with E-state index in [1.807, 2.05) is 0 Å². The second-order valence-electron chi connectivity index (χ2n) is 6.54. The summed E-state index contributed by atoms with van der Waals surface area (Å²) in [6.45, 7) is 0. The van der Waals surface area contributed by atoms with E-state index in [0.29, 0.717) is 38.3 Å². The minimum atomic E-state index is -0.490. The number of carbonyl (C=O) groups excluding carboxylic acids is 1. The van der Waals surface area contributed by atoms with Crippen molar-refractivity contribution in [3.05, 3.63) is 86.9 Å². The Balaban J connectivity index is 1.51. The van der Waals surface area contributed by atoms with Crippen LogP contribution < -0.4 is 5.32 Å². The van der Waals surface area contributed by atoms with Crippen molar-refractivity contribution in [1.82, 2.24) is 4.98 Å². The van der Waals surface area contributed by atoms with Crippen LogP contribution in [0.5, 0.6) is 5.75 Å². The molecule has 0 atom stereocenters. The predicted octanol–water partition coefficient (Wildman–Crippen LogP) is 5.52. The molecule has 0 fully saturated rings. The Hall–Kier alpha value is -3.98. The highest BCUT2D eigenvalue weighted by Crippen LogP contribution is 2.31. The van der Waals surface area contributed by atoms with Gasteiger partial charge in [-0.05, 0) is 64.0 Å². The Morgan fingerprint density at radius 2 is 2.00 bits per heavy atom. The summed E-state index contributed by atoms with van der Waals surface area (Å²) in [7, 11) is 0. The molecule has 1 aromatic heterocycles. The summed E-state index contributed by atoms with van der Waals surface area (Å²) >= 11 is 3.26. The molecule has 0 bridgehead atoms. The summed E-state index contributed by atoms with van der Waals surface area (Å²) in [6.07, 6.45) is 2.79. The van der Waals surface area contributed by atoms with E-state index in [4.69, 9.17) is 4.42 Å². The number of rotatable bonds is 5. The number of nitrogens with one attached hydrogen (secondary N) is 1. The van der Waals surface area contributed by atoms with Gasteiger partial charge < -0.3 is 14.8 Å². The zero-order valence-corrected chi connectivity index (χ0v) is 17.4. The molecule has 1 amide bonds. The van der Waals surface area contributed by atoms with Gasteiger partial charge in [0.2, 0.25) is 11.8 Å². The van der Waals surface area contributed by atoms with E-state index < -0.39 is 10.8 Å². The maximum Gasteiger partial charge on any atom is 0.270 e. The second kappa shape index (κ2) is 8.41. The number of nitro groups is 1. The lowest BCUT2D eigenvalue weighted by molar-refractivity contribution is -0.384. The molecule has 31 heavy (non-hydrogen) atoms. The third kappa shape index (κ3) is 4.62. The number of non-ortho nitro benzene ring substituents is 1. The molecule has 0 spiro atoms. The summed E-state index contributed by atoms with van der Waals surface area (Å²) < 4.78 is 6.27. The SMILES string of the molecule is O=C(C=Cc1cccc([N+](=O)[O-])c1)Nc1ccc2oc(-c3ccc(O)c(Br)c3)nc2c1. The lowest BCUT2D eigenvalue weighted by atomic mass is 10.2. The van der Waals surface area contributed by atoms with E-state index >= 15 is 0 Å². The monoisotopic (exact) mass is 479 g/mol. The van der Waals surface area contributed by atoms with Crippen molar-refractivity contribution in [1.29, 1.82) is 0 Å². The van der Waals surface area contributed by atoms with Gasteiger partial charge in [0.1, 0.15) is 11.3 Å². The minimum Gasteiger partial charge on any atom is -0.507 e. The lowest BCUT2D eigenvalue weighted by Crippen LogP contribution is -2.07. The van der Waals surface area contributed by atoms with Crippen molar-refractivity contribution in [3.8, 4) is 17.2 Å². The molecule has 3 aromatic carbocycles. The van der Waals surface area contributed by atoms with Crippen LogP contribution in [0.3, 0.4) is 0 Å². The average molecular weight is 480 g/mol. The van der Waals surface area contributed by atoms with Gasteiger partial charge in [0.05, 0.1) is 9.40 Å². The molecule has 0 radical (unpaired) electrons. The van der Waals surface area contributed by atoms with Crippen LogP contribution >= 0.6 is 15.9 Å². The maximum absolute atomic E-state index is 12.2. The molecule has 2 N–H and O–H groups in total. The zero-order chi connectivity index (χ0) is 22.0. The fourth-order valence-electron chi connectivity index (χ4n) is 2.87. The molecule has 0 aliphatic heterocycles. The third-order valence-electron chi connectivity index (χ3n) is 4.36. The summed E-state index contributed by atoms with van der Waals surface area (Å²) in [6, 6.07) is 16.0. The number of aromatic hydroxyl groups is 1. The first kappa shape index (κ1) is 20.3. The maximum atomic E-state index is 12.2. The van der Waals surface area contributed by atoms with Crippen molar-refractivity contribution in [2.24, 2.45) is 0 Å². The Kier molecular flexibility index (Phi) is 5.50. The topological polar surface area (TPSA) is 118 Å². The summed E-state index contributed by atoms with van der Waals surface area (Å²) in [5.41, 5.74) is 2.81. The average Bonchev–Trinajstić information content (AvgIpc) is 3.18. The van der Waals surface area contributed by atoms with E-state index in [1.54, 1.807) is 42.5 Å². The summed E-state index contributed by atoms with van der Waals surface area (Å²) in [5.74, 6) is 0.102. The van der Waals surface area contributed by atoms with Crippen molar-refractivity contribution >= 4 is 50.4 Å². The van der Waals surface area contributed by atoms with Crippen molar-refractivity contribution in [2.45, 2.75) is 0 Å². The van der Waals surface area contributed by atoms with E-state index in [2.05, 4.69) is 26.2 Å². The van der Waals surface area contributed by atoms with Gasteiger partial charge in [-0.3, -0.25) is 14.9 Å². The number of nitro benzene ring substituents is 1. The smallest absolute Gasteiger partial charge is 0.270 e. The number of phenolic OH excluding ortho intramolecular Hbond substituents is 1. The van der Waals surface area contributed by atoms with Gasteiger partial charge in [0.15, 0.2) is 5.58 Å². The van der Waals surface area contributed by atoms with Crippen molar-refractivity contribution in [2.75, 3.05) is 5.32 Å². The van der Waals surface area contributed by atoms with Gasteiger partial charge in [-0.15, -0.1) is 0 Å². The molecule has 0 saturated heterocycles. The Labute approximate surface area is 184 Å². The normalized spacial score (nSPS) is 11.1. The van der Waals surface area contributed by atoms with E-state index in [-0.39, 0.29) is 11.4 Å². The number of phenols is 1. The number of hydrogen-bond donors (Lipinski definition) is 2. The standard InChI is InChI=1S/C22H14BrN3O5/c23-17-11-14(5-7-19(17)27)22-25-18-12-15(6-8-20(18)31-22)24-21(28)9-4-13-2-1-3-16(10-13)26(29)30/h1-12,27H,(H,24,28). The highest BCUT2D eigenvalue weighted by molar-refractivity contribution is 9.10. The number of nitrogens with zero attached hydrogens (tertiary/aromatic N) is 2. The minimum absolute atomic E-state index is 0.0458. The van der Waals surface area contributed by atoms with Gasteiger partial charge in [-0.2, -0.15) is 0 Å². The summed E-state index contributed by atoms with van der Waals surface area (Å²) in [5, 5.41) is 23.2. The van der Waals surface area contributed by atoms with Gasteiger partial charge in [-0.25, -0.2) is 4.98 Å². The van der Waals surface area contributed by atoms with Crippen LogP contribution in [0.25, 0.3) is 28.6 Å². The fourth-order valence-corrected chi connectivity index (χ4v) is 3.25. The van der Waals surface area contributed by atoms with E-state index in [1.165, 1.54) is 30.4 Å². The van der Waals surface area contributed by atoms with Crippen LogP contribution in [0.1, 0.15) is 5.56 Å². The molecule has 154 valence electrons. The second-order valence-corrected chi connectivity index (χ2v) is 7.40. The molecule has 0 aliphatic rings. The Morgan fingerprint density at radius 3 is 2.77 bits per heavy atom. The number of fused-ring (bicyclic) bond motifs is 1. The molecule has 0 saturated carbocycles. The quantitative estimate of drug-likeness (QED) is 0.221. The third-order valence-corrected chi connectivity index (χ3v) is 4.99. The summed E-state index contributed by atoms with van der Waals surface area (Å²) in [4.78, 5) is 27.0. The number of carbonyl (C=O) groups is 1. The number of oxazole rings is 1. The molecule has 9 heteroatoms. The van der Waals surface area contributed by atoms with Crippen molar-refractivity contribution < 1.29 is 19.2 Å². The number of benzene rings is 3. The largest absolute Gasteiger partial charge is 0.507 e. The molecule has 4 aromatic rings. The van der Waals surface area contributed by atoms with Crippen LogP contribution in [-0.4, -0.2) is 20.9 Å². The van der Waals surface area contributed by atoms with Crippen LogP contribution in [0.15, 0.2) is 75.6 Å².